The summed E-state index contributed by atoms with van der Waals surface area (Å²) in [6.07, 6.45) is 1.52. The van der Waals surface area contributed by atoms with Gasteiger partial charge in [-0.15, -0.1) is 0 Å². The van der Waals surface area contributed by atoms with Crippen molar-refractivity contribution in [1.82, 2.24) is 5.32 Å². The Labute approximate surface area is 125 Å². The van der Waals surface area contributed by atoms with E-state index in [1.807, 2.05) is 20.8 Å². The molecular weight excluding hydrogens is 330 g/mol. The van der Waals surface area contributed by atoms with E-state index < -0.39 is 17.9 Å². The van der Waals surface area contributed by atoms with Crippen LogP contribution in [0.5, 0.6) is 0 Å². The van der Waals surface area contributed by atoms with Gasteiger partial charge in [0.1, 0.15) is 6.04 Å². The molecule has 0 saturated heterocycles. The second-order valence-corrected chi connectivity index (χ2v) is 6.07. The lowest BCUT2D eigenvalue weighted by atomic mass is 10.1. The number of ether oxygens (including phenoxy) is 1. The first-order chi connectivity index (χ1) is 9.20. The first-order valence-electron chi connectivity index (χ1n) is 6.11. The molecule has 0 aliphatic rings. The molecule has 1 rings (SSSR count). The van der Waals surface area contributed by atoms with Gasteiger partial charge in [0.2, 0.25) is 5.76 Å². The Morgan fingerprint density at radius 1 is 1.50 bits per heavy atom. The third-order valence-electron chi connectivity index (χ3n) is 2.37. The molecule has 6 nitrogen and oxygen atoms in total. The molecule has 1 heterocycles. The maximum absolute atomic E-state index is 11.9. The minimum Gasteiger partial charge on any atom is -0.480 e. The van der Waals surface area contributed by atoms with Gasteiger partial charge in [-0.2, -0.15) is 0 Å². The molecule has 0 fully saturated rings. The van der Waals surface area contributed by atoms with E-state index in [9.17, 15) is 9.59 Å². The minimum atomic E-state index is -1.11. The van der Waals surface area contributed by atoms with Gasteiger partial charge in [0.15, 0.2) is 0 Å². The van der Waals surface area contributed by atoms with E-state index in [1.165, 1.54) is 6.26 Å². The predicted octanol–water partition coefficient (Wildman–Crippen LogP) is 2.43. The summed E-state index contributed by atoms with van der Waals surface area (Å²) < 4.78 is 10.9. The van der Waals surface area contributed by atoms with Crippen LogP contribution in [0.4, 0.5) is 0 Å². The van der Waals surface area contributed by atoms with Gasteiger partial charge in [-0.25, -0.2) is 4.79 Å². The van der Waals surface area contributed by atoms with Crippen LogP contribution in [0, 0.1) is 0 Å². The highest BCUT2D eigenvalue weighted by Crippen LogP contribution is 2.17. The van der Waals surface area contributed by atoms with Gasteiger partial charge in [-0.05, 0) is 42.8 Å². The molecule has 0 aliphatic heterocycles. The number of rotatable bonds is 6. The standard InChI is InChI=1S/C13H18BrNO5/c1-13(2,3)20-7-5-9(12(17)18)15-11(16)10-8(14)4-6-19-10/h4,6,9H,5,7H2,1-3H3,(H,15,16)(H,17,18). The summed E-state index contributed by atoms with van der Waals surface area (Å²) in [6, 6.07) is 0.537. The fourth-order valence-corrected chi connectivity index (χ4v) is 1.80. The number of hydrogen-bond acceptors (Lipinski definition) is 4. The van der Waals surface area contributed by atoms with Crippen LogP contribution >= 0.6 is 15.9 Å². The van der Waals surface area contributed by atoms with Crippen molar-refractivity contribution in [2.24, 2.45) is 0 Å². The van der Waals surface area contributed by atoms with Gasteiger partial charge in [-0.1, -0.05) is 0 Å². The Morgan fingerprint density at radius 2 is 2.15 bits per heavy atom. The minimum absolute atomic E-state index is 0.0491. The molecule has 0 aliphatic carbocycles. The average molecular weight is 348 g/mol. The zero-order chi connectivity index (χ0) is 15.3. The molecule has 0 aromatic carbocycles. The number of carboxylic acids is 1. The van der Waals surface area contributed by atoms with Crippen molar-refractivity contribution in [2.75, 3.05) is 6.61 Å². The summed E-state index contributed by atoms with van der Waals surface area (Å²) >= 11 is 3.15. The fourth-order valence-electron chi connectivity index (χ4n) is 1.42. The zero-order valence-electron chi connectivity index (χ0n) is 11.6. The van der Waals surface area contributed by atoms with Gasteiger partial charge in [0.05, 0.1) is 16.3 Å². The number of aliphatic carboxylic acids is 1. The molecule has 7 heteroatoms. The van der Waals surface area contributed by atoms with Gasteiger partial charge in [-0.3, -0.25) is 4.79 Å². The van der Waals surface area contributed by atoms with Gasteiger partial charge >= 0.3 is 5.97 Å². The van der Waals surface area contributed by atoms with Crippen LogP contribution in [0.15, 0.2) is 21.2 Å². The van der Waals surface area contributed by atoms with E-state index in [2.05, 4.69) is 21.2 Å². The smallest absolute Gasteiger partial charge is 0.326 e. The van der Waals surface area contributed by atoms with Crippen molar-refractivity contribution < 1.29 is 23.8 Å². The second kappa shape index (κ2) is 6.90. The van der Waals surface area contributed by atoms with E-state index in [4.69, 9.17) is 14.3 Å². The molecule has 1 atom stereocenters. The summed E-state index contributed by atoms with van der Waals surface area (Å²) in [6.45, 7) is 5.87. The van der Waals surface area contributed by atoms with Crippen molar-refractivity contribution in [1.29, 1.82) is 0 Å². The number of halogens is 1. The van der Waals surface area contributed by atoms with Crippen molar-refractivity contribution in [3.05, 3.63) is 22.6 Å². The van der Waals surface area contributed by atoms with Crippen molar-refractivity contribution in [2.45, 2.75) is 38.8 Å². The van der Waals surface area contributed by atoms with E-state index in [-0.39, 0.29) is 24.4 Å². The van der Waals surface area contributed by atoms with E-state index in [0.29, 0.717) is 4.47 Å². The maximum Gasteiger partial charge on any atom is 0.326 e. The van der Waals surface area contributed by atoms with Crippen molar-refractivity contribution in [3.63, 3.8) is 0 Å². The highest BCUT2D eigenvalue weighted by Gasteiger charge is 2.24. The Morgan fingerprint density at radius 3 is 2.60 bits per heavy atom. The molecule has 1 aromatic heterocycles. The third-order valence-corrected chi connectivity index (χ3v) is 2.99. The number of amides is 1. The highest BCUT2D eigenvalue weighted by atomic mass is 79.9. The topological polar surface area (TPSA) is 88.8 Å². The molecule has 2 N–H and O–H groups in total. The Hall–Kier alpha value is -1.34. The SMILES string of the molecule is CC(C)(C)OCCC(NC(=O)c1occc1Br)C(=O)O. The number of carbonyl (C=O) groups excluding carboxylic acids is 1. The number of nitrogens with one attached hydrogen (secondary N) is 1. The van der Waals surface area contributed by atoms with Crippen LogP contribution < -0.4 is 5.32 Å². The molecule has 0 radical (unpaired) electrons. The molecule has 0 saturated carbocycles. The normalized spacial score (nSPS) is 13.0. The second-order valence-electron chi connectivity index (χ2n) is 5.21. The number of furan rings is 1. The lowest BCUT2D eigenvalue weighted by molar-refractivity contribution is -0.140. The molecule has 20 heavy (non-hydrogen) atoms. The predicted molar refractivity (Wildman–Crippen MR) is 75.6 cm³/mol. The first kappa shape index (κ1) is 16.7. The van der Waals surface area contributed by atoms with Gasteiger partial charge in [0.25, 0.3) is 5.91 Å². The maximum atomic E-state index is 11.9. The number of carboxylic acid groups (broad SMARTS) is 1. The molecule has 0 bridgehead atoms. The zero-order valence-corrected chi connectivity index (χ0v) is 13.2. The summed E-state index contributed by atoms with van der Waals surface area (Å²) in [7, 11) is 0. The van der Waals surface area contributed by atoms with Crippen LogP contribution in [0.25, 0.3) is 0 Å². The summed E-state index contributed by atoms with van der Waals surface area (Å²) in [5.74, 6) is -1.64. The number of carbonyl (C=O) groups is 2. The van der Waals surface area contributed by atoms with Crippen LogP contribution in [0.2, 0.25) is 0 Å². The lowest BCUT2D eigenvalue weighted by Gasteiger charge is -2.21. The van der Waals surface area contributed by atoms with Gasteiger partial charge < -0.3 is 19.6 Å². The molecule has 1 unspecified atom stereocenters. The van der Waals surface area contributed by atoms with Crippen molar-refractivity contribution in [3.8, 4) is 0 Å². The Bertz CT molecular complexity index is 477. The summed E-state index contributed by atoms with van der Waals surface area (Å²) in [5.41, 5.74) is -0.350. The Balaban J connectivity index is 2.58. The molecule has 1 amide bonds. The number of hydrogen-bond donors (Lipinski definition) is 2. The van der Waals surface area contributed by atoms with Crippen LogP contribution in [0.3, 0.4) is 0 Å². The molecule has 112 valence electrons. The highest BCUT2D eigenvalue weighted by molar-refractivity contribution is 9.10. The largest absolute Gasteiger partial charge is 0.480 e. The van der Waals surface area contributed by atoms with Gasteiger partial charge in [0, 0.05) is 13.0 Å². The third kappa shape index (κ3) is 5.34. The van der Waals surface area contributed by atoms with Crippen LogP contribution in [-0.2, 0) is 9.53 Å². The summed E-state index contributed by atoms with van der Waals surface area (Å²) in [4.78, 5) is 23.0. The monoisotopic (exact) mass is 347 g/mol. The van der Waals surface area contributed by atoms with E-state index >= 15 is 0 Å². The average Bonchev–Trinajstić information content (AvgIpc) is 2.72. The summed E-state index contributed by atoms with van der Waals surface area (Å²) in [5, 5.41) is 11.5. The van der Waals surface area contributed by atoms with Crippen molar-refractivity contribution >= 4 is 27.8 Å². The molecule has 0 spiro atoms. The lowest BCUT2D eigenvalue weighted by Crippen LogP contribution is -2.42. The quantitative estimate of drug-likeness (QED) is 0.824. The first-order valence-corrected chi connectivity index (χ1v) is 6.90. The molecule has 1 aromatic rings. The van der Waals surface area contributed by atoms with E-state index in [1.54, 1.807) is 6.07 Å². The van der Waals surface area contributed by atoms with Crippen LogP contribution in [0.1, 0.15) is 37.7 Å². The molecular formula is C13H18BrNO5. The fraction of sp³-hybridized carbons (Fsp3) is 0.538. The van der Waals surface area contributed by atoms with E-state index in [0.717, 1.165) is 0 Å². The Kier molecular flexibility index (Phi) is 5.76. The van der Waals surface area contributed by atoms with Crippen LogP contribution in [-0.4, -0.2) is 35.2 Å².